The smallest absolute Gasteiger partial charge is 0.255 e. The lowest BCUT2D eigenvalue weighted by molar-refractivity contribution is -0.124. The van der Waals surface area contributed by atoms with E-state index in [1.807, 2.05) is 60.7 Å². The number of ether oxygens (including phenoxy) is 1. The Balaban J connectivity index is 1.55. The minimum Gasteiger partial charge on any atom is -0.367 e. The summed E-state index contributed by atoms with van der Waals surface area (Å²) in [6.45, 7) is 0.240. The number of nitrogens with zero attached hydrogens (tertiary/aromatic N) is 1. The average Bonchev–Trinajstić information content (AvgIpc) is 2.97. The Hall–Kier alpha value is -2.99. The normalized spacial score (nSPS) is 16.4. The van der Waals surface area contributed by atoms with E-state index in [1.54, 1.807) is 0 Å². The lowest BCUT2D eigenvalue weighted by atomic mass is 9.98. The molecule has 1 heterocycles. The summed E-state index contributed by atoms with van der Waals surface area (Å²) in [6.07, 6.45) is 0. The molecular formula is C18H17N3O3. The Kier molecular flexibility index (Phi) is 4.98. The molecule has 0 bridgehead atoms. The fourth-order valence-corrected chi connectivity index (χ4v) is 2.44. The first kappa shape index (κ1) is 15.9. The highest BCUT2D eigenvalue weighted by atomic mass is 16.5. The zero-order valence-electron chi connectivity index (χ0n) is 12.9. The molecule has 6 heteroatoms. The molecule has 6 nitrogen and oxygen atoms in total. The lowest BCUT2D eigenvalue weighted by Crippen LogP contribution is -2.37. The van der Waals surface area contributed by atoms with Gasteiger partial charge in [-0.2, -0.15) is 5.10 Å². The summed E-state index contributed by atoms with van der Waals surface area (Å²) < 4.78 is 5.39. The fraction of sp³-hybridized carbons (Fsp3) is 0.167. The van der Waals surface area contributed by atoms with Crippen LogP contribution in [0.25, 0.3) is 0 Å². The molecule has 1 atom stereocenters. The van der Waals surface area contributed by atoms with Crippen molar-refractivity contribution in [3.05, 3.63) is 71.8 Å². The molecule has 1 aliphatic rings. The molecule has 122 valence electrons. The predicted octanol–water partition coefficient (Wildman–Crippen LogP) is 1.55. The number of hydrazone groups is 1. The van der Waals surface area contributed by atoms with Crippen LogP contribution in [0.4, 0.5) is 0 Å². The number of carbonyl (C=O) groups is 2. The molecule has 2 aromatic rings. The molecule has 3 rings (SSSR count). The van der Waals surface area contributed by atoms with Gasteiger partial charge in [0.2, 0.25) is 0 Å². The molecule has 2 N–H and O–H groups in total. The molecule has 1 aliphatic heterocycles. The van der Waals surface area contributed by atoms with Crippen LogP contribution in [0.5, 0.6) is 0 Å². The Morgan fingerprint density at radius 1 is 1.08 bits per heavy atom. The van der Waals surface area contributed by atoms with Crippen molar-refractivity contribution in [2.75, 3.05) is 6.61 Å². The van der Waals surface area contributed by atoms with Crippen LogP contribution in [0, 0.1) is 0 Å². The number of nitrogens with one attached hydrogen (secondary N) is 2. The van der Waals surface area contributed by atoms with E-state index in [0.717, 1.165) is 11.1 Å². The maximum Gasteiger partial charge on any atom is 0.255 e. The highest BCUT2D eigenvalue weighted by Crippen LogP contribution is 2.20. The van der Waals surface area contributed by atoms with Crippen LogP contribution in [0.1, 0.15) is 17.0 Å². The van der Waals surface area contributed by atoms with E-state index < -0.39 is 5.92 Å². The van der Waals surface area contributed by atoms with Gasteiger partial charge in [-0.15, -0.1) is 0 Å². The van der Waals surface area contributed by atoms with E-state index in [1.165, 1.54) is 0 Å². The summed E-state index contributed by atoms with van der Waals surface area (Å²) in [5.41, 5.74) is 4.16. The Bertz CT molecular complexity index is 745. The summed E-state index contributed by atoms with van der Waals surface area (Å²) in [5.74, 6) is -0.924. The van der Waals surface area contributed by atoms with Crippen molar-refractivity contribution < 1.29 is 14.3 Å². The van der Waals surface area contributed by atoms with Crippen molar-refractivity contribution in [1.29, 1.82) is 0 Å². The van der Waals surface area contributed by atoms with Gasteiger partial charge in [0, 0.05) is 0 Å². The molecule has 2 aromatic carbocycles. The predicted molar refractivity (Wildman–Crippen MR) is 89.0 cm³/mol. The summed E-state index contributed by atoms with van der Waals surface area (Å²) >= 11 is 0. The first-order chi connectivity index (χ1) is 11.7. The van der Waals surface area contributed by atoms with Gasteiger partial charge >= 0.3 is 0 Å². The van der Waals surface area contributed by atoms with Crippen molar-refractivity contribution in [1.82, 2.24) is 10.7 Å². The van der Waals surface area contributed by atoms with Gasteiger partial charge in [0.1, 0.15) is 18.4 Å². The first-order valence-electron chi connectivity index (χ1n) is 7.58. The van der Waals surface area contributed by atoms with Crippen molar-refractivity contribution in [2.24, 2.45) is 5.10 Å². The molecule has 0 unspecified atom stereocenters. The molecule has 0 aromatic heterocycles. The number of hydrogen-bond acceptors (Lipinski definition) is 4. The Morgan fingerprint density at radius 3 is 2.46 bits per heavy atom. The third-order valence-electron chi connectivity index (χ3n) is 3.57. The summed E-state index contributed by atoms with van der Waals surface area (Å²) in [6, 6.07) is 18.8. The number of amidine groups is 1. The summed E-state index contributed by atoms with van der Waals surface area (Å²) in [5, 5.41) is 6.56. The van der Waals surface area contributed by atoms with Crippen LogP contribution in [0.3, 0.4) is 0 Å². The van der Waals surface area contributed by atoms with Crippen molar-refractivity contribution >= 4 is 17.6 Å². The summed E-state index contributed by atoms with van der Waals surface area (Å²) in [4.78, 5) is 24.0. The first-order valence-corrected chi connectivity index (χ1v) is 7.58. The highest BCUT2D eigenvalue weighted by Gasteiger charge is 2.32. The van der Waals surface area contributed by atoms with Gasteiger partial charge in [-0.05, 0) is 11.1 Å². The molecule has 0 aliphatic carbocycles. The molecule has 24 heavy (non-hydrogen) atoms. The number of amides is 2. The molecule has 0 fully saturated rings. The van der Waals surface area contributed by atoms with E-state index in [9.17, 15) is 9.59 Å². The second kappa shape index (κ2) is 7.52. The van der Waals surface area contributed by atoms with E-state index in [4.69, 9.17) is 4.74 Å². The minimum absolute atomic E-state index is 0.108. The fourth-order valence-electron chi connectivity index (χ4n) is 2.44. The van der Waals surface area contributed by atoms with Crippen LogP contribution in [0.15, 0.2) is 65.8 Å². The topological polar surface area (TPSA) is 79.8 Å². The third-order valence-corrected chi connectivity index (χ3v) is 3.57. The Labute approximate surface area is 139 Å². The molecule has 2 amide bonds. The van der Waals surface area contributed by atoms with Crippen LogP contribution in [-0.4, -0.2) is 24.3 Å². The van der Waals surface area contributed by atoms with Crippen molar-refractivity contribution in [3.63, 3.8) is 0 Å². The lowest BCUT2D eigenvalue weighted by Gasteiger charge is -2.12. The standard InChI is InChI=1S/C18H17N3O3/c22-15(12-24-11-13-7-3-1-4-8-13)19-17-16(18(23)21-20-17)14-9-5-2-6-10-14/h1-10,16H,11-12H2,(H,21,23)(H,19,20,22)/t16-/m0/s1. The second-order valence-electron chi connectivity index (χ2n) is 5.34. The third kappa shape index (κ3) is 3.85. The van der Waals surface area contributed by atoms with Crippen LogP contribution in [0.2, 0.25) is 0 Å². The van der Waals surface area contributed by atoms with Crippen LogP contribution >= 0.6 is 0 Å². The van der Waals surface area contributed by atoms with E-state index >= 15 is 0 Å². The van der Waals surface area contributed by atoms with Crippen LogP contribution < -0.4 is 10.7 Å². The van der Waals surface area contributed by atoms with E-state index in [-0.39, 0.29) is 18.4 Å². The zero-order chi connectivity index (χ0) is 16.8. The molecular weight excluding hydrogens is 306 g/mol. The molecule has 0 spiro atoms. The van der Waals surface area contributed by atoms with Gasteiger partial charge in [-0.25, -0.2) is 5.43 Å². The molecule has 0 radical (unpaired) electrons. The molecule has 0 saturated heterocycles. The largest absolute Gasteiger partial charge is 0.367 e. The van der Waals surface area contributed by atoms with Gasteiger partial charge in [-0.3, -0.25) is 9.59 Å². The van der Waals surface area contributed by atoms with Gasteiger partial charge in [0.25, 0.3) is 11.8 Å². The van der Waals surface area contributed by atoms with Gasteiger partial charge < -0.3 is 10.1 Å². The van der Waals surface area contributed by atoms with Gasteiger partial charge in [-0.1, -0.05) is 60.7 Å². The van der Waals surface area contributed by atoms with Crippen LogP contribution in [-0.2, 0) is 20.9 Å². The number of hydrogen-bond donors (Lipinski definition) is 2. The number of rotatable bonds is 5. The van der Waals surface area contributed by atoms with Crippen molar-refractivity contribution in [2.45, 2.75) is 12.5 Å². The average molecular weight is 323 g/mol. The monoisotopic (exact) mass is 323 g/mol. The maximum atomic E-state index is 12.0. The number of carbonyl (C=O) groups excluding carboxylic acids is 2. The second-order valence-corrected chi connectivity index (χ2v) is 5.34. The summed E-state index contributed by atoms with van der Waals surface area (Å²) in [7, 11) is 0. The highest BCUT2D eigenvalue weighted by molar-refractivity contribution is 6.16. The Morgan fingerprint density at radius 2 is 1.75 bits per heavy atom. The quantitative estimate of drug-likeness (QED) is 0.876. The zero-order valence-corrected chi connectivity index (χ0v) is 12.9. The van der Waals surface area contributed by atoms with E-state index in [2.05, 4.69) is 15.8 Å². The molecule has 0 saturated carbocycles. The van der Waals surface area contributed by atoms with Crippen molar-refractivity contribution in [3.8, 4) is 0 Å². The SMILES string of the molecule is O=C(COCc1ccccc1)NC1=NNC(=O)[C@H]1c1ccccc1. The number of benzene rings is 2. The van der Waals surface area contributed by atoms with Gasteiger partial charge in [0.15, 0.2) is 0 Å². The van der Waals surface area contributed by atoms with Gasteiger partial charge in [0.05, 0.1) is 6.61 Å². The van der Waals surface area contributed by atoms with E-state index in [0.29, 0.717) is 12.4 Å². The maximum absolute atomic E-state index is 12.0. The minimum atomic E-state index is -0.607.